The summed E-state index contributed by atoms with van der Waals surface area (Å²) in [6, 6.07) is 6.05. The van der Waals surface area contributed by atoms with Crippen molar-refractivity contribution in [2.75, 3.05) is 0 Å². The van der Waals surface area contributed by atoms with Crippen LogP contribution in [0.3, 0.4) is 0 Å². The summed E-state index contributed by atoms with van der Waals surface area (Å²) in [7, 11) is 0. The summed E-state index contributed by atoms with van der Waals surface area (Å²) in [5.41, 5.74) is 0.538. The van der Waals surface area contributed by atoms with E-state index in [2.05, 4.69) is 0 Å². The fourth-order valence-corrected chi connectivity index (χ4v) is 1.72. The van der Waals surface area contributed by atoms with Gasteiger partial charge < -0.3 is 4.52 Å². The first kappa shape index (κ1) is 11.6. The standard InChI is InChI=1S/C8H7Cl2O3P/c1-6(11)7-2-4-8(5-3-7)13-14(9,10)12/h2-5H,1H3. The maximum atomic E-state index is 10.9. The Morgan fingerprint density at radius 2 is 1.79 bits per heavy atom. The maximum Gasteiger partial charge on any atom is 0.428 e. The molecule has 0 bridgehead atoms. The molecule has 14 heavy (non-hydrogen) atoms. The highest BCUT2D eigenvalue weighted by molar-refractivity contribution is 8.05. The normalized spacial score (nSPS) is 11.1. The summed E-state index contributed by atoms with van der Waals surface area (Å²) >= 11 is 10.4. The van der Waals surface area contributed by atoms with Crippen molar-refractivity contribution in [3.63, 3.8) is 0 Å². The van der Waals surface area contributed by atoms with Crippen LogP contribution in [0.15, 0.2) is 24.3 Å². The van der Waals surface area contributed by atoms with E-state index < -0.39 is 6.07 Å². The number of benzene rings is 1. The molecule has 0 amide bonds. The molecule has 6 heteroatoms. The molecule has 3 nitrogen and oxygen atoms in total. The number of Topliss-reactive ketones (excluding diaryl/α,β-unsaturated/α-hetero) is 1. The minimum absolute atomic E-state index is 0.0588. The van der Waals surface area contributed by atoms with Crippen molar-refractivity contribution >= 4 is 34.3 Å². The molecular weight excluding hydrogens is 246 g/mol. The molecule has 1 rings (SSSR count). The molecule has 0 saturated heterocycles. The number of carbonyl (C=O) groups excluding carboxylic acids is 1. The van der Waals surface area contributed by atoms with Crippen molar-refractivity contribution in [1.29, 1.82) is 0 Å². The van der Waals surface area contributed by atoms with Crippen molar-refractivity contribution in [3.8, 4) is 5.75 Å². The van der Waals surface area contributed by atoms with Gasteiger partial charge in [-0.05, 0) is 31.2 Å². The number of rotatable bonds is 3. The molecule has 0 fully saturated rings. The highest BCUT2D eigenvalue weighted by atomic mass is 35.9. The average Bonchev–Trinajstić information content (AvgIpc) is 2.02. The maximum absolute atomic E-state index is 10.9. The van der Waals surface area contributed by atoms with E-state index in [1.54, 1.807) is 12.1 Å². The van der Waals surface area contributed by atoms with Crippen LogP contribution in [0, 0.1) is 0 Å². The van der Waals surface area contributed by atoms with Crippen molar-refractivity contribution in [2.24, 2.45) is 0 Å². The Balaban J connectivity index is 2.84. The van der Waals surface area contributed by atoms with E-state index in [-0.39, 0.29) is 11.5 Å². The molecule has 0 aliphatic heterocycles. The van der Waals surface area contributed by atoms with Crippen LogP contribution in [-0.2, 0) is 4.57 Å². The lowest BCUT2D eigenvalue weighted by atomic mass is 10.1. The molecule has 0 heterocycles. The Labute approximate surface area is 91.0 Å². The van der Waals surface area contributed by atoms with Gasteiger partial charge in [0.1, 0.15) is 5.75 Å². The van der Waals surface area contributed by atoms with Crippen LogP contribution in [0.5, 0.6) is 5.75 Å². The first-order chi connectivity index (χ1) is 6.38. The zero-order chi connectivity index (χ0) is 10.8. The predicted octanol–water partition coefficient (Wildman–Crippen LogP) is 3.85. The molecule has 0 spiro atoms. The minimum atomic E-state index is -3.57. The van der Waals surface area contributed by atoms with E-state index in [1.165, 1.54) is 19.1 Å². The zero-order valence-corrected chi connectivity index (χ0v) is 9.64. The molecule has 0 radical (unpaired) electrons. The van der Waals surface area contributed by atoms with Crippen molar-refractivity contribution in [2.45, 2.75) is 6.92 Å². The second-order valence-corrected chi connectivity index (χ2v) is 6.79. The van der Waals surface area contributed by atoms with E-state index in [9.17, 15) is 9.36 Å². The summed E-state index contributed by atoms with van der Waals surface area (Å²) in [6.07, 6.45) is -3.57. The Kier molecular flexibility index (Phi) is 3.59. The van der Waals surface area contributed by atoms with Gasteiger partial charge in [0.25, 0.3) is 0 Å². The van der Waals surface area contributed by atoms with E-state index in [0.29, 0.717) is 5.56 Å². The first-order valence-corrected chi connectivity index (χ1v) is 7.12. The van der Waals surface area contributed by atoms with Gasteiger partial charge >= 0.3 is 6.07 Å². The molecule has 0 unspecified atom stereocenters. The number of hydrogen-bond donors (Lipinski definition) is 0. The SMILES string of the molecule is CC(=O)c1ccc(OP(=O)(Cl)Cl)cc1. The third-order valence-corrected chi connectivity index (χ3v) is 2.31. The molecule has 1 aromatic rings. The average molecular weight is 253 g/mol. The van der Waals surface area contributed by atoms with E-state index in [1.807, 2.05) is 0 Å². The topological polar surface area (TPSA) is 43.4 Å². The summed E-state index contributed by atoms with van der Waals surface area (Å²) < 4.78 is 15.6. The van der Waals surface area contributed by atoms with Crippen LogP contribution in [-0.4, -0.2) is 5.78 Å². The quantitative estimate of drug-likeness (QED) is 0.606. The number of hydrogen-bond acceptors (Lipinski definition) is 3. The smallest absolute Gasteiger partial charge is 0.422 e. The third-order valence-electron chi connectivity index (χ3n) is 1.47. The van der Waals surface area contributed by atoms with Gasteiger partial charge in [-0.1, -0.05) is 0 Å². The highest BCUT2D eigenvalue weighted by Crippen LogP contribution is 2.57. The molecular formula is C8H7Cl2O3P. The Hall–Kier alpha value is -0.500. The van der Waals surface area contributed by atoms with Crippen molar-refractivity contribution < 1.29 is 13.9 Å². The monoisotopic (exact) mass is 252 g/mol. The lowest BCUT2D eigenvalue weighted by Crippen LogP contribution is -1.91. The van der Waals surface area contributed by atoms with Crippen LogP contribution in [0.2, 0.25) is 0 Å². The number of ketones is 1. The number of carbonyl (C=O) groups is 1. The third kappa shape index (κ3) is 3.70. The Morgan fingerprint density at radius 1 is 1.29 bits per heavy atom. The lowest BCUT2D eigenvalue weighted by Gasteiger charge is -2.05. The molecule has 0 aromatic heterocycles. The van der Waals surface area contributed by atoms with E-state index in [4.69, 9.17) is 27.0 Å². The second kappa shape index (κ2) is 4.35. The molecule has 0 saturated carbocycles. The lowest BCUT2D eigenvalue weighted by molar-refractivity contribution is 0.101. The number of halogens is 2. The van der Waals surface area contributed by atoms with Gasteiger partial charge in [0.15, 0.2) is 5.78 Å². The summed E-state index contributed by atoms with van der Waals surface area (Å²) in [4.78, 5) is 10.9. The molecule has 0 atom stereocenters. The van der Waals surface area contributed by atoms with Crippen LogP contribution in [0.1, 0.15) is 17.3 Å². The van der Waals surface area contributed by atoms with Gasteiger partial charge in [0.2, 0.25) is 0 Å². The van der Waals surface area contributed by atoms with E-state index in [0.717, 1.165) is 0 Å². The molecule has 0 aliphatic carbocycles. The highest BCUT2D eigenvalue weighted by Gasteiger charge is 2.15. The van der Waals surface area contributed by atoms with Gasteiger partial charge in [-0.2, -0.15) is 0 Å². The molecule has 0 aliphatic rings. The van der Waals surface area contributed by atoms with Crippen LogP contribution >= 0.6 is 28.6 Å². The predicted molar refractivity (Wildman–Crippen MR) is 56.4 cm³/mol. The summed E-state index contributed by atoms with van der Waals surface area (Å²) in [5, 5.41) is 0. The zero-order valence-electron chi connectivity index (χ0n) is 7.24. The van der Waals surface area contributed by atoms with Gasteiger partial charge in [-0.15, -0.1) is 0 Å². The van der Waals surface area contributed by atoms with Crippen molar-refractivity contribution in [3.05, 3.63) is 29.8 Å². The van der Waals surface area contributed by atoms with Gasteiger partial charge in [0.05, 0.1) is 0 Å². The van der Waals surface area contributed by atoms with Gasteiger partial charge in [0, 0.05) is 28.0 Å². The Bertz CT molecular complexity index is 382. The second-order valence-electron chi connectivity index (χ2n) is 2.59. The molecule has 76 valence electrons. The van der Waals surface area contributed by atoms with Gasteiger partial charge in [-0.25, -0.2) is 4.57 Å². The van der Waals surface area contributed by atoms with Crippen LogP contribution in [0.4, 0.5) is 0 Å². The summed E-state index contributed by atoms with van der Waals surface area (Å²) in [5.74, 6) is 0.208. The van der Waals surface area contributed by atoms with Gasteiger partial charge in [-0.3, -0.25) is 4.79 Å². The largest absolute Gasteiger partial charge is 0.428 e. The van der Waals surface area contributed by atoms with Crippen LogP contribution in [0.25, 0.3) is 0 Å². The molecule has 0 N–H and O–H groups in total. The van der Waals surface area contributed by atoms with Crippen molar-refractivity contribution in [1.82, 2.24) is 0 Å². The molecule has 1 aromatic carbocycles. The van der Waals surface area contributed by atoms with Crippen LogP contribution < -0.4 is 4.52 Å². The minimum Gasteiger partial charge on any atom is -0.422 e. The Morgan fingerprint density at radius 3 is 2.14 bits per heavy atom. The fourth-order valence-electron chi connectivity index (χ4n) is 0.873. The van der Waals surface area contributed by atoms with E-state index >= 15 is 0 Å². The summed E-state index contributed by atoms with van der Waals surface area (Å²) in [6.45, 7) is 1.45. The first-order valence-electron chi connectivity index (χ1n) is 3.68. The fraction of sp³-hybridized carbons (Fsp3) is 0.125.